The lowest BCUT2D eigenvalue weighted by atomic mass is 9.94. The monoisotopic (exact) mass is 269 g/mol. The first-order valence-corrected chi connectivity index (χ1v) is 6.45. The number of ether oxygens (including phenoxy) is 1. The molecule has 0 heterocycles. The second-order valence-electron chi connectivity index (χ2n) is 4.99. The molecule has 100 valence electrons. The van der Waals surface area contributed by atoms with Crippen molar-refractivity contribution in [1.82, 2.24) is 5.32 Å². The first kappa shape index (κ1) is 14.8. The third-order valence-electron chi connectivity index (χ3n) is 2.91. The fourth-order valence-corrected chi connectivity index (χ4v) is 1.55. The molecule has 0 bridgehead atoms. The minimum atomic E-state index is -0.553. The minimum Gasteiger partial charge on any atom is -0.497 e. The predicted octanol–water partition coefficient (Wildman–Crippen LogP) is 3.14. The molecule has 0 saturated heterocycles. The fourth-order valence-electron chi connectivity index (χ4n) is 1.43. The lowest BCUT2D eigenvalue weighted by molar-refractivity contribution is -0.129. The lowest BCUT2D eigenvalue weighted by Crippen LogP contribution is -2.39. The molecule has 0 aliphatic rings. The smallest absolute Gasteiger partial charge is 0.227 e. The topological polar surface area (TPSA) is 38.3 Å². The number of rotatable bonds is 5. The standard InChI is InChI=1S/C14H20ClNO2/c1-10(16-13(17)14(2,3)9-15)11-5-7-12(18-4)8-6-11/h5-8,10H,9H2,1-4H3,(H,16,17)/t10-/m1/s1. The maximum Gasteiger partial charge on any atom is 0.227 e. The van der Waals surface area contributed by atoms with Crippen LogP contribution < -0.4 is 10.1 Å². The molecule has 0 aliphatic carbocycles. The van der Waals surface area contributed by atoms with E-state index in [2.05, 4.69) is 5.32 Å². The Morgan fingerprint density at radius 2 is 1.94 bits per heavy atom. The molecule has 0 spiro atoms. The van der Waals surface area contributed by atoms with E-state index in [-0.39, 0.29) is 11.9 Å². The summed E-state index contributed by atoms with van der Waals surface area (Å²) in [6.45, 7) is 5.61. The van der Waals surface area contributed by atoms with E-state index in [9.17, 15) is 4.79 Å². The highest BCUT2D eigenvalue weighted by molar-refractivity contribution is 6.19. The van der Waals surface area contributed by atoms with E-state index in [1.165, 1.54) is 0 Å². The van der Waals surface area contributed by atoms with Crippen LogP contribution in [0.5, 0.6) is 5.75 Å². The quantitative estimate of drug-likeness (QED) is 0.834. The van der Waals surface area contributed by atoms with Crippen LogP contribution in [-0.4, -0.2) is 18.9 Å². The number of alkyl halides is 1. The van der Waals surface area contributed by atoms with Crippen LogP contribution in [0.3, 0.4) is 0 Å². The normalized spacial score (nSPS) is 12.9. The van der Waals surface area contributed by atoms with Crippen LogP contribution in [0.4, 0.5) is 0 Å². The van der Waals surface area contributed by atoms with Gasteiger partial charge in [-0.3, -0.25) is 4.79 Å². The number of benzene rings is 1. The van der Waals surface area contributed by atoms with Crippen molar-refractivity contribution in [3.63, 3.8) is 0 Å². The Balaban J connectivity index is 2.70. The highest BCUT2D eigenvalue weighted by Gasteiger charge is 2.27. The van der Waals surface area contributed by atoms with E-state index in [1.807, 2.05) is 45.0 Å². The van der Waals surface area contributed by atoms with E-state index in [1.54, 1.807) is 7.11 Å². The number of methoxy groups -OCH3 is 1. The van der Waals surface area contributed by atoms with Crippen molar-refractivity contribution >= 4 is 17.5 Å². The van der Waals surface area contributed by atoms with Gasteiger partial charge in [-0.2, -0.15) is 0 Å². The largest absolute Gasteiger partial charge is 0.497 e. The Kier molecular flexibility index (Phi) is 5.03. The molecule has 1 amide bonds. The van der Waals surface area contributed by atoms with Gasteiger partial charge < -0.3 is 10.1 Å². The molecular formula is C14H20ClNO2. The summed E-state index contributed by atoms with van der Waals surface area (Å²) < 4.78 is 5.10. The second-order valence-corrected chi connectivity index (χ2v) is 5.25. The highest BCUT2D eigenvalue weighted by Crippen LogP contribution is 2.21. The van der Waals surface area contributed by atoms with Gasteiger partial charge >= 0.3 is 0 Å². The maximum absolute atomic E-state index is 12.0. The Morgan fingerprint density at radius 3 is 2.39 bits per heavy atom. The molecule has 1 aromatic rings. The number of nitrogens with one attached hydrogen (secondary N) is 1. The van der Waals surface area contributed by atoms with Gasteiger partial charge in [-0.05, 0) is 38.5 Å². The maximum atomic E-state index is 12.0. The molecule has 1 rings (SSSR count). The van der Waals surface area contributed by atoms with Crippen LogP contribution in [0.15, 0.2) is 24.3 Å². The van der Waals surface area contributed by atoms with E-state index in [0.717, 1.165) is 11.3 Å². The van der Waals surface area contributed by atoms with Crippen LogP contribution in [0.25, 0.3) is 0 Å². The molecule has 4 heteroatoms. The van der Waals surface area contributed by atoms with E-state index >= 15 is 0 Å². The third kappa shape index (κ3) is 3.64. The summed E-state index contributed by atoms with van der Waals surface area (Å²) in [6.07, 6.45) is 0. The zero-order chi connectivity index (χ0) is 13.8. The van der Waals surface area contributed by atoms with Crippen LogP contribution >= 0.6 is 11.6 Å². The van der Waals surface area contributed by atoms with Crippen molar-refractivity contribution in [3.05, 3.63) is 29.8 Å². The second kappa shape index (κ2) is 6.10. The van der Waals surface area contributed by atoms with Gasteiger partial charge in [0, 0.05) is 5.88 Å². The van der Waals surface area contributed by atoms with E-state index in [4.69, 9.17) is 16.3 Å². The van der Waals surface area contributed by atoms with Gasteiger partial charge in [0.1, 0.15) is 5.75 Å². The van der Waals surface area contributed by atoms with Crippen LogP contribution in [-0.2, 0) is 4.79 Å². The van der Waals surface area contributed by atoms with E-state index < -0.39 is 5.41 Å². The highest BCUT2D eigenvalue weighted by atomic mass is 35.5. The number of hydrogen-bond donors (Lipinski definition) is 1. The molecule has 0 saturated carbocycles. The Labute approximate surface area is 113 Å². The molecule has 0 aromatic heterocycles. The summed E-state index contributed by atoms with van der Waals surface area (Å²) in [7, 11) is 1.63. The number of carbonyl (C=O) groups is 1. The first-order valence-electron chi connectivity index (χ1n) is 5.91. The van der Waals surface area contributed by atoms with E-state index in [0.29, 0.717) is 5.88 Å². The number of hydrogen-bond acceptors (Lipinski definition) is 2. The molecule has 0 unspecified atom stereocenters. The summed E-state index contributed by atoms with van der Waals surface area (Å²) in [5.74, 6) is 1.06. The van der Waals surface area contributed by atoms with Crippen molar-refractivity contribution in [2.45, 2.75) is 26.8 Å². The number of halogens is 1. The molecule has 18 heavy (non-hydrogen) atoms. The average Bonchev–Trinajstić information content (AvgIpc) is 2.38. The van der Waals surface area contributed by atoms with Crippen molar-refractivity contribution < 1.29 is 9.53 Å². The summed E-state index contributed by atoms with van der Waals surface area (Å²) in [6, 6.07) is 7.59. The van der Waals surface area contributed by atoms with Gasteiger partial charge in [0.15, 0.2) is 0 Å². The van der Waals surface area contributed by atoms with Gasteiger partial charge in [0.05, 0.1) is 18.6 Å². The number of amides is 1. The summed E-state index contributed by atoms with van der Waals surface area (Å²) in [5.41, 5.74) is 0.483. The molecule has 3 nitrogen and oxygen atoms in total. The third-order valence-corrected chi connectivity index (χ3v) is 3.58. The van der Waals surface area contributed by atoms with Crippen LogP contribution in [0.1, 0.15) is 32.4 Å². The van der Waals surface area contributed by atoms with Crippen molar-refractivity contribution in [2.24, 2.45) is 5.41 Å². The van der Waals surface area contributed by atoms with Gasteiger partial charge in [0.2, 0.25) is 5.91 Å². The molecule has 0 aliphatic heterocycles. The van der Waals surface area contributed by atoms with Gasteiger partial charge in [-0.1, -0.05) is 12.1 Å². The van der Waals surface area contributed by atoms with Crippen LogP contribution in [0.2, 0.25) is 0 Å². The zero-order valence-electron chi connectivity index (χ0n) is 11.3. The molecule has 0 radical (unpaired) electrons. The Morgan fingerprint density at radius 1 is 1.39 bits per heavy atom. The molecule has 1 aromatic carbocycles. The predicted molar refractivity (Wildman–Crippen MR) is 74.1 cm³/mol. The summed E-state index contributed by atoms with van der Waals surface area (Å²) >= 11 is 5.78. The van der Waals surface area contributed by atoms with Gasteiger partial charge in [0.25, 0.3) is 0 Å². The van der Waals surface area contributed by atoms with Crippen molar-refractivity contribution in [2.75, 3.05) is 13.0 Å². The van der Waals surface area contributed by atoms with Crippen molar-refractivity contribution in [3.8, 4) is 5.75 Å². The molecule has 0 fully saturated rings. The number of carbonyl (C=O) groups excluding carboxylic acids is 1. The summed E-state index contributed by atoms with van der Waals surface area (Å²) in [4.78, 5) is 12.0. The first-order chi connectivity index (χ1) is 8.40. The Bertz CT molecular complexity index is 401. The molecule has 1 N–H and O–H groups in total. The summed E-state index contributed by atoms with van der Waals surface area (Å²) in [5, 5.41) is 2.96. The molecular weight excluding hydrogens is 250 g/mol. The van der Waals surface area contributed by atoms with Crippen molar-refractivity contribution in [1.29, 1.82) is 0 Å². The van der Waals surface area contributed by atoms with Crippen LogP contribution in [0, 0.1) is 5.41 Å². The minimum absolute atomic E-state index is 0.0409. The average molecular weight is 270 g/mol. The zero-order valence-corrected chi connectivity index (χ0v) is 12.0. The molecule has 1 atom stereocenters. The van der Waals surface area contributed by atoms with Gasteiger partial charge in [-0.25, -0.2) is 0 Å². The fraction of sp³-hybridized carbons (Fsp3) is 0.500. The SMILES string of the molecule is COc1ccc([C@@H](C)NC(=O)C(C)(C)CCl)cc1. The van der Waals surface area contributed by atoms with Gasteiger partial charge in [-0.15, -0.1) is 11.6 Å². The Hall–Kier alpha value is -1.22. The lowest BCUT2D eigenvalue weighted by Gasteiger charge is -2.24.